The van der Waals surface area contributed by atoms with Crippen molar-refractivity contribution in [2.24, 2.45) is 0 Å². The van der Waals surface area contributed by atoms with E-state index in [1.54, 1.807) is 0 Å². The average molecular weight is 476 g/mol. The van der Waals surface area contributed by atoms with Gasteiger partial charge in [0.15, 0.2) is 0 Å². The molecule has 2 heterocycles. The van der Waals surface area contributed by atoms with Crippen LogP contribution < -0.4 is 9.64 Å². The van der Waals surface area contributed by atoms with Gasteiger partial charge in [-0.3, -0.25) is 9.69 Å². The summed E-state index contributed by atoms with van der Waals surface area (Å²) >= 11 is 6.14. The smallest absolute Gasteiger partial charge is 0.325 e. The zero-order chi connectivity index (χ0) is 23.5. The summed E-state index contributed by atoms with van der Waals surface area (Å²) in [4.78, 5) is 19.9. The molecule has 4 aromatic rings. The first-order chi connectivity index (χ1) is 16.6. The number of aromatic amines is 1. The highest BCUT2D eigenvalue weighted by atomic mass is 35.5. The summed E-state index contributed by atoms with van der Waals surface area (Å²) in [5, 5.41) is 11.7. The fourth-order valence-electron chi connectivity index (χ4n) is 4.58. The molecule has 1 aliphatic rings. The molecule has 0 amide bonds. The number of aromatic nitrogens is 1. The third-order valence-electron chi connectivity index (χ3n) is 6.31. The van der Waals surface area contributed by atoms with Gasteiger partial charge in [-0.05, 0) is 35.9 Å². The second-order valence-corrected chi connectivity index (χ2v) is 8.91. The Morgan fingerprint density at radius 3 is 2.53 bits per heavy atom. The van der Waals surface area contributed by atoms with E-state index in [1.807, 2.05) is 83.9 Å². The summed E-state index contributed by atoms with van der Waals surface area (Å²) in [5.74, 6) is -0.103. The molecule has 0 radical (unpaired) electrons. The van der Waals surface area contributed by atoms with Gasteiger partial charge in [0.2, 0.25) is 0 Å². The van der Waals surface area contributed by atoms with Gasteiger partial charge in [-0.2, -0.15) is 0 Å². The molecule has 0 spiro atoms. The number of anilines is 1. The van der Waals surface area contributed by atoms with E-state index >= 15 is 0 Å². The Hall–Kier alpha value is -3.48. The number of halogens is 1. The van der Waals surface area contributed by atoms with Crippen LogP contribution in [-0.2, 0) is 11.4 Å². The van der Waals surface area contributed by atoms with Crippen LogP contribution in [-0.4, -0.2) is 47.1 Å². The molecule has 7 heteroatoms. The summed E-state index contributed by atoms with van der Waals surface area (Å²) in [5.41, 5.74) is 3.80. The van der Waals surface area contributed by atoms with Crippen molar-refractivity contribution in [3.8, 4) is 5.75 Å². The van der Waals surface area contributed by atoms with E-state index in [4.69, 9.17) is 16.3 Å². The van der Waals surface area contributed by atoms with Gasteiger partial charge in [0.05, 0.1) is 0 Å². The van der Waals surface area contributed by atoms with E-state index in [0.717, 1.165) is 46.6 Å². The van der Waals surface area contributed by atoms with E-state index < -0.39 is 12.0 Å². The third-order valence-corrected chi connectivity index (χ3v) is 6.55. The van der Waals surface area contributed by atoms with Gasteiger partial charge in [0.1, 0.15) is 18.4 Å². The Morgan fingerprint density at radius 2 is 1.79 bits per heavy atom. The lowest BCUT2D eigenvalue weighted by Crippen LogP contribution is -2.49. The van der Waals surface area contributed by atoms with Crippen LogP contribution >= 0.6 is 11.6 Å². The molecular formula is C27H26ClN3O3. The first-order valence-electron chi connectivity index (χ1n) is 11.3. The zero-order valence-corrected chi connectivity index (χ0v) is 19.4. The highest BCUT2D eigenvalue weighted by molar-refractivity contribution is 6.30. The highest BCUT2D eigenvalue weighted by Gasteiger charge is 2.32. The first kappa shape index (κ1) is 22.3. The van der Waals surface area contributed by atoms with Crippen molar-refractivity contribution >= 4 is 34.2 Å². The van der Waals surface area contributed by atoms with Crippen LogP contribution in [0.25, 0.3) is 10.9 Å². The number of fused-ring (bicyclic) bond motifs is 1. The second-order valence-electron chi connectivity index (χ2n) is 8.47. The maximum Gasteiger partial charge on any atom is 0.325 e. The minimum Gasteiger partial charge on any atom is -0.489 e. The lowest BCUT2D eigenvalue weighted by atomic mass is 10.0. The van der Waals surface area contributed by atoms with Crippen LogP contribution in [0.15, 0.2) is 79.0 Å². The fourth-order valence-corrected chi connectivity index (χ4v) is 4.77. The summed E-state index contributed by atoms with van der Waals surface area (Å²) < 4.78 is 5.93. The van der Waals surface area contributed by atoms with E-state index in [2.05, 4.69) is 9.88 Å². The van der Waals surface area contributed by atoms with Crippen molar-refractivity contribution < 1.29 is 14.6 Å². The highest BCUT2D eigenvalue weighted by Crippen LogP contribution is 2.32. The van der Waals surface area contributed by atoms with E-state index in [1.165, 1.54) is 0 Å². The SMILES string of the molecule is O=C(O)[C@@H](c1c[nH]c2cc(OCc3ccccc3)ccc12)N1CCN(c2cccc(Cl)c2)CC1. The average Bonchev–Trinajstić information content (AvgIpc) is 3.26. The predicted octanol–water partition coefficient (Wildman–Crippen LogP) is 5.35. The van der Waals surface area contributed by atoms with E-state index in [-0.39, 0.29) is 0 Å². The number of piperazine rings is 1. The maximum absolute atomic E-state index is 12.4. The number of aliphatic carboxylic acids is 1. The molecule has 3 aromatic carbocycles. The van der Waals surface area contributed by atoms with Crippen LogP contribution in [0.3, 0.4) is 0 Å². The summed E-state index contributed by atoms with van der Waals surface area (Å²) in [7, 11) is 0. The number of hydrogen-bond acceptors (Lipinski definition) is 4. The number of rotatable bonds is 7. The molecule has 0 bridgehead atoms. The molecule has 1 atom stereocenters. The van der Waals surface area contributed by atoms with Crippen molar-refractivity contribution in [1.82, 2.24) is 9.88 Å². The molecule has 1 aromatic heterocycles. The van der Waals surface area contributed by atoms with Crippen LogP contribution in [0.4, 0.5) is 5.69 Å². The number of hydrogen-bond donors (Lipinski definition) is 2. The molecule has 0 saturated carbocycles. The van der Waals surface area contributed by atoms with Crippen molar-refractivity contribution in [2.45, 2.75) is 12.6 Å². The number of carbonyl (C=O) groups is 1. The summed E-state index contributed by atoms with van der Waals surface area (Å²) in [6.45, 7) is 3.26. The number of H-pyrrole nitrogens is 1. The number of carboxylic acids is 1. The molecule has 6 nitrogen and oxygen atoms in total. The Morgan fingerprint density at radius 1 is 1.00 bits per heavy atom. The molecule has 1 aliphatic heterocycles. The number of nitrogens with zero attached hydrogens (tertiary/aromatic N) is 2. The van der Waals surface area contributed by atoms with Crippen molar-refractivity contribution in [3.63, 3.8) is 0 Å². The zero-order valence-electron chi connectivity index (χ0n) is 18.7. The summed E-state index contributed by atoms with van der Waals surface area (Å²) in [6.07, 6.45) is 1.81. The third kappa shape index (κ3) is 4.74. The molecule has 1 saturated heterocycles. The normalized spacial score (nSPS) is 15.4. The number of benzene rings is 3. The van der Waals surface area contributed by atoms with Gasteiger partial charge in [-0.1, -0.05) is 48.0 Å². The summed E-state index contributed by atoms with van der Waals surface area (Å²) in [6, 6.07) is 22.8. The molecular weight excluding hydrogens is 450 g/mol. The van der Waals surface area contributed by atoms with Crippen molar-refractivity contribution in [2.75, 3.05) is 31.1 Å². The van der Waals surface area contributed by atoms with Gasteiger partial charge in [-0.15, -0.1) is 0 Å². The van der Waals surface area contributed by atoms with Crippen molar-refractivity contribution in [1.29, 1.82) is 0 Å². The number of carboxylic acid groups (broad SMARTS) is 1. The first-order valence-corrected chi connectivity index (χ1v) is 11.7. The Kier molecular flexibility index (Phi) is 6.43. The topological polar surface area (TPSA) is 68.8 Å². The second kappa shape index (κ2) is 9.79. The maximum atomic E-state index is 12.4. The van der Waals surface area contributed by atoms with E-state index in [0.29, 0.717) is 24.7 Å². The Bertz CT molecular complexity index is 1280. The van der Waals surface area contributed by atoms with Crippen LogP contribution in [0, 0.1) is 0 Å². The predicted molar refractivity (Wildman–Crippen MR) is 135 cm³/mol. The molecule has 0 aliphatic carbocycles. The minimum absolute atomic E-state index is 0.481. The molecule has 5 rings (SSSR count). The molecule has 2 N–H and O–H groups in total. The lowest BCUT2D eigenvalue weighted by Gasteiger charge is -2.38. The standard InChI is InChI=1S/C27H26ClN3O3/c28-20-7-4-8-21(15-20)30-11-13-31(14-12-30)26(27(32)33)24-17-29-25-16-22(9-10-23(24)25)34-18-19-5-2-1-3-6-19/h1-10,15-17,26,29H,11-14,18H2,(H,32,33)/t26-/m1/s1. The molecule has 1 fully saturated rings. The quantitative estimate of drug-likeness (QED) is 0.377. The largest absolute Gasteiger partial charge is 0.489 e. The van der Waals surface area contributed by atoms with Gasteiger partial charge < -0.3 is 19.7 Å². The lowest BCUT2D eigenvalue weighted by molar-refractivity contribution is -0.143. The van der Waals surface area contributed by atoms with Gasteiger partial charge in [0.25, 0.3) is 0 Å². The number of ether oxygens (including phenoxy) is 1. The van der Waals surface area contributed by atoms with Gasteiger partial charge >= 0.3 is 5.97 Å². The Labute approximate surface area is 203 Å². The van der Waals surface area contributed by atoms with Crippen LogP contribution in [0.2, 0.25) is 5.02 Å². The monoisotopic (exact) mass is 475 g/mol. The van der Waals surface area contributed by atoms with Gasteiger partial charge in [-0.25, -0.2) is 0 Å². The molecule has 34 heavy (non-hydrogen) atoms. The Balaban J connectivity index is 1.31. The van der Waals surface area contributed by atoms with Crippen molar-refractivity contribution in [3.05, 3.63) is 95.1 Å². The minimum atomic E-state index is -0.846. The molecule has 174 valence electrons. The van der Waals surface area contributed by atoms with Crippen LogP contribution in [0.5, 0.6) is 5.75 Å². The number of nitrogens with one attached hydrogen (secondary N) is 1. The fraction of sp³-hybridized carbons (Fsp3) is 0.222. The van der Waals surface area contributed by atoms with Gasteiger partial charge in [0, 0.05) is 65.6 Å². The van der Waals surface area contributed by atoms with E-state index in [9.17, 15) is 9.90 Å². The molecule has 0 unspecified atom stereocenters. The van der Waals surface area contributed by atoms with Crippen LogP contribution in [0.1, 0.15) is 17.2 Å².